The number of rotatable bonds is 4. The summed E-state index contributed by atoms with van der Waals surface area (Å²) in [5.41, 5.74) is 1.93. The van der Waals surface area contributed by atoms with Crippen molar-refractivity contribution in [2.45, 2.75) is 17.8 Å². The normalized spacial score (nSPS) is 10.5. The fourth-order valence-electron chi connectivity index (χ4n) is 1.70. The van der Waals surface area contributed by atoms with Crippen molar-refractivity contribution in [2.24, 2.45) is 0 Å². The van der Waals surface area contributed by atoms with Gasteiger partial charge < -0.3 is 9.15 Å². The van der Waals surface area contributed by atoms with Crippen LogP contribution in [0.3, 0.4) is 0 Å². The highest BCUT2D eigenvalue weighted by atomic mass is 127. The van der Waals surface area contributed by atoms with Crippen LogP contribution >= 0.6 is 22.6 Å². The smallest absolute Gasteiger partial charge is 0.230 e. The predicted octanol–water partition coefficient (Wildman–Crippen LogP) is 3.85. The molecule has 4 heteroatoms. The molecule has 90 valence electrons. The van der Waals surface area contributed by atoms with Gasteiger partial charge in [-0.1, -0.05) is 41.6 Å². The molecule has 1 heterocycles. The highest BCUT2D eigenvalue weighted by Crippen LogP contribution is 2.31. The van der Waals surface area contributed by atoms with Crippen LogP contribution in [0.1, 0.15) is 18.4 Å². The number of hydrogen-bond acceptors (Lipinski definition) is 3. The summed E-state index contributed by atoms with van der Waals surface area (Å²) in [5.74, 6) is 2.39. The minimum absolute atomic E-state index is 0.644. The Kier molecular flexibility index (Phi) is 4.04. The largest absolute Gasteiger partial charge is 0.496 e. The van der Waals surface area contributed by atoms with E-state index in [4.69, 9.17) is 9.15 Å². The number of nitrogens with zero attached hydrogens (tertiary/aromatic N) is 1. The van der Waals surface area contributed by atoms with Crippen molar-refractivity contribution in [3.63, 3.8) is 0 Å². The Labute approximate surface area is 114 Å². The van der Waals surface area contributed by atoms with Gasteiger partial charge in [0.25, 0.3) is 0 Å². The number of aromatic nitrogens is 1. The molecule has 17 heavy (non-hydrogen) atoms. The summed E-state index contributed by atoms with van der Waals surface area (Å²) >= 11 is 2.30. The van der Waals surface area contributed by atoms with Gasteiger partial charge in [-0.3, -0.25) is 0 Å². The topological polar surface area (TPSA) is 35.3 Å². The van der Waals surface area contributed by atoms with Gasteiger partial charge in [0.2, 0.25) is 5.89 Å². The number of alkyl halides is 1. The molecular formula is C13H14INO2. The molecule has 2 aromatic rings. The number of hydrogen-bond donors (Lipinski definition) is 0. The van der Waals surface area contributed by atoms with E-state index in [-0.39, 0.29) is 0 Å². The Bertz CT molecular complexity index is 486. The van der Waals surface area contributed by atoms with Crippen LogP contribution in [-0.4, -0.2) is 12.1 Å². The molecule has 1 aromatic carbocycles. The molecule has 0 atom stereocenters. The second-order valence-corrected chi connectivity index (χ2v) is 4.34. The van der Waals surface area contributed by atoms with Gasteiger partial charge in [-0.2, -0.15) is 0 Å². The zero-order valence-electron chi connectivity index (χ0n) is 9.87. The molecule has 0 aliphatic carbocycles. The van der Waals surface area contributed by atoms with Crippen LogP contribution in [0.2, 0.25) is 0 Å². The fourth-order valence-corrected chi connectivity index (χ4v) is 2.30. The van der Waals surface area contributed by atoms with E-state index in [2.05, 4.69) is 34.5 Å². The van der Waals surface area contributed by atoms with Crippen LogP contribution < -0.4 is 4.74 Å². The highest BCUT2D eigenvalue weighted by molar-refractivity contribution is 14.1. The molecule has 3 nitrogen and oxygen atoms in total. The van der Waals surface area contributed by atoms with E-state index in [1.807, 2.05) is 24.3 Å². The number of aryl methyl sites for hydroxylation is 1. The van der Waals surface area contributed by atoms with Crippen LogP contribution in [0.25, 0.3) is 11.5 Å². The lowest BCUT2D eigenvalue weighted by atomic mass is 10.2. The molecule has 0 saturated heterocycles. The molecule has 0 unspecified atom stereocenters. The first-order chi connectivity index (χ1) is 8.30. The Morgan fingerprint density at radius 1 is 1.35 bits per heavy atom. The highest BCUT2D eigenvalue weighted by Gasteiger charge is 2.15. The minimum atomic E-state index is 0.644. The molecule has 0 fully saturated rings. The third-order valence-electron chi connectivity index (χ3n) is 2.56. The van der Waals surface area contributed by atoms with Crippen molar-refractivity contribution >= 4 is 22.6 Å². The zero-order valence-corrected chi connectivity index (χ0v) is 12.0. The van der Waals surface area contributed by atoms with E-state index < -0.39 is 0 Å². The van der Waals surface area contributed by atoms with Crippen LogP contribution in [0.5, 0.6) is 5.75 Å². The molecule has 0 amide bonds. The summed E-state index contributed by atoms with van der Waals surface area (Å²) in [6.45, 7) is 2.07. The summed E-state index contributed by atoms with van der Waals surface area (Å²) in [4.78, 5) is 4.52. The quantitative estimate of drug-likeness (QED) is 0.625. The van der Waals surface area contributed by atoms with Crippen LogP contribution in [0, 0.1) is 0 Å². The molecular weight excluding hydrogens is 329 g/mol. The van der Waals surface area contributed by atoms with Crippen molar-refractivity contribution in [1.82, 2.24) is 4.98 Å². The van der Waals surface area contributed by atoms with Crippen LogP contribution in [0.4, 0.5) is 0 Å². The number of para-hydroxylation sites is 1. The Morgan fingerprint density at radius 2 is 2.12 bits per heavy atom. The summed E-state index contributed by atoms with van der Waals surface area (Å²) in [6.07, 6.45) is 0.862. The number of oxazole rings is 1. The predicted molar refractivity (Wildman–Crippen MR) is 75.6 cm³/mol. The van der Waals surface area contributed by atoms with E-state index >= 15 is 0 Å². The second kappa shape index (κ2) is 5.53. The maximum atomic E-state index is 5.79. The minimum Gasteiger partial charge on any atom is -0.496 e. The van der Waals surface area contributed by atoms with Crippen molar-refractivity contribution in [3.05, 3.63) is 35.7 Å². The molecule has 0 bridgehead atoms. The van der Waals surface area contributed by atoms with E-state index in [0.717, 1.165) is 33.6 Å². The Balaban J connectivity index is 2.49. The standard InChI is InChI=1S/C13H14INO2/c1-3-11-10(8-14)15-13(17-11)9-6-4-5-7-12(9)16-2/h4-7H,3,8H2,1-2H3. The number of ether oxygens (including phenoxy) is 1. The monoisotopic (exact) mass is 343 g/mol. The lowest BCUT2D eigenvalue weighted by molar-refractivity contribution is 0.413. The van der Waals surface area contributed by atoms with E-state index in [9.17, 15) is 0 Å². The molecule has 1 aromatic heterocycles. The fraction of sp³-hybridized carbons (Fsp3) is 0.308. The summed E-state index contributed by atoms with van der Waals surface area (Å²) in [7, 11) is 1.65. The first-order valence-corrected chi connectivity index (χ1v) is 7.00. The van der Waals surface area contributed by atoms with E-state index in [0.29, 0.717) is 5.89 Å². The number of halogens is 1. The van der Waals surface area contributed by atoms with Gasteiger partial charge >= 0.3 is 0 Å². The summed E-state index contributed by atoms with van der Waals surface area (Å²) in [5, 5.41) is 0. The van der Waals surface area contributed by atoms with Crippen molar-refractivity contribution in [3.8, 4) is 17.2 Å². The average Bonchev–Trinajstić information content (AvgIpc) is 2.81. The number of benzene rings is 1. The molecule has 2 rings (SSSR count). The molecule has 0 radical (unpaired) electrons. The van der Waals surface area contributed by atoms with Gasteiger partial charge in [-0.25, -0.2) is 4.98 Å². The third kappa shape index (κ3) is 2.46. The van der Waals surface area contributed by atoms with Crippen LogP contribution in [-0.2, 0) is 10.8 Å². The zero-order chi connectivity index (χ0) is 12.3. The SMILES string of the molecule is CCc1oc(-c2ccccc2OC)nc1CI. The third-order valence-corrected chi connectivity index (χ3v) is 3.29. The second-order valence-electron chi connectivity index (χ2n) is 3.58. The first kappa shape index (κ1) is 12.4. The molecule has 0 N–H and O–H groups in total. The van der Waals surface area contributed by atoms with Crippen molar-refractivity contribution in [1.29, 1.82) is 0 Å². The molecule has 0 aliphatic heterocycles. The van der Waals surface area contributed by atoms with Crippen LogP contribution in [0.15, 0.2) is 28.7 Å². The average molecular weight is 343 g/mol. The maximum absolute atomic E-state index is 5.79. The lowest BCUT2D eigenvalue weighted by Gasteiger charge is -2.03. The molecule has 0 saturated carbocycles. The van der Waals surface area contributed by atoms with Gasteiger partial charge in [0.1, 0.15) is 11.5 Å². The van der Waals surface area contributed by atoms with Crippen molar-refractivity contribution in [2.75, 3.05) is 7.11 Å². The summed E-state index contributed by atoms with van der Waals surface area (Å²) in [6, 6.07) is 7.76. The lowest BCUT2D eigenvalue weighted by Crippen LogP contribution is -1.87. The Morgan fingerprint density at radius 3 is 2.71 bits per heavy atom. The summed E-state index contributed by atoms with van der Waals surface area (Å²) < 4.78 is 12.0. The van der Waals surface area contributed by atoms with Crippen molar-refractivity contribution < 1.29 is 9.15 Å². The molecule has 0 spiro atoms. The van der Waals surface area contributed by atoms with Gasteiger partial charge in [0.15, 0.2) is 0 Å². The number of methoxy groups -OCH3 is 1. The van der Waals surface area contributed by atoms with Gasteiger partial charge in [-0.15, -0.1) is 0 Å². The van der Waals surface area contributed by atoms with E-state index in [1.165, 1.54) is 0 Å². The van der Waals surface area contributed by atoms with E-state index in [1.54, 1.807) is 7.11 Å². The van der Waals surface area contributed by atoms with Gasteiger partial charge in [-0.05, 0) is 12.1 Å². The van der Waals surface area contributed by atoms with Gasteiger partial charge in [0.05, 0.1) is 18.4 Å². The first-order valence-electron chi connectivity index (χ1n) is 5.48. The maximum Gasteiger partial charge on any atom is 0.230 e. The Hall–Kier alpha value is -1.04. The van der Waals surface area contributed by atoms with Gasteiger partial charge in [0, 0.05) is 10.8 Å². The molecule has 0 aliphatic rings.